The van der Waals surface area contributed by atoms with Crippen LogP contribution >= 0.6 is 0 Å². The second-order valence-corrected chi connectivity index (χ2v) is 4.81. The van der Waals surface area contributed by atoms with E-state index in [0.717, 1.165) is 17.9 Å². The maximum atomic E-state index is 11.4. The van der Waals surface area contributed by atoms with Crippen molar-refractivity contribution in [3.8, 4) is 5.75 Å². The van der Waals surface area contributed by atoms with Gasteiger partial charge in [-0.25, -0.2) is 0 Å². The summed E-state index contributed by atoms with van der Waals surface area (Å²) in [6.45, 7) is 3.63. The summed E-state index contributed by atoms with van der Waals surface area (Å²) < 4.78 is 5.63. The zero-order chi connectivity index (χ0) is 14.3. The largest absolute Gasteiger partial charge is 0.492 e. The third kappa shape index (κ3) is 6.22. The van der Waals surface area contributed by atoms with Crippen LogP contribution in [-0.4, -0.2) is 44.1 Å². The normalized spacial score (nSPS) is 12.3. The summed E-state index contributed by atoms with van der Waals surface area (Å²) in [6.07, 6.45) is 0. The standard InChI is InChI=1S/C14H23N3O2/c1-11(15)14(18)16-10-12-5-4-6-13(9-12)19-8-7-17(2)3/h4-6,9,11H,7-8,10,15H2,1-3H3,(H,16,18). The van der Waals surface area contributed by atoms with Crippen molar-refractivity contribution in [2.75, 3.05) is 27.2 Å². The van der Waals surface area contributed by atoms with Gasteiger partial charge in [0.05, 0.1) is 6.04 Å². The first kappa shape index (κ1) is 15.5. The van der Waals surface area contributed by atoms with Gasteiger partial charge in [-0.2, -0.15) is 0 Å². The van der Waals surface area contributed by atoms with Crippen LogP contribution in [0.2, 0.25) is 0 Å². The molecule has 0 saturated heterocycles. The summed E-state index contributed by atoms with van der Waals surface area (Å²) in [5.74, 6) is 0.660. The van der Waals surface area contributed by atoms with Crippen molar-refractivity contribution in [3.05, 3.63) is 29.8 Å². The van der Waals surface area contributed by atoms with Crippen LogP contribution in [0.3, 0.4) is 0 Å². The van der Waals surface area contributed by atoms with Gasteiger partial charge in [0.2, 0.25) is 5.91 Å². The Labute approximate surface area is 114 Å². The van der Waals surface area contributed by atoms with Gasteiger partial charge in [-0.1, -0.05) is 12.1 Å². The van der Waals surface area contributed by atoms with E-state index in [9.17, 15) is 4.79 Å². The number of carbonyl (C=O) groups excluding carboxylic acids is 1. The van der Waals surface area contributed by atoms with Crippen molar-refractivity contribution in [1.82, 2.24) is 10.2 Å². The van der Waals surface area contributed by atoms with Gasteiger partial charge in [-0.3, -0.25) is 4.79 Å². The van der Waals surface area contributed by atoms with Gasteiger partial charge in [0.1, 0.15) is 12.4 Å². The first-order valence-electron chi connectivity index (χ1n) is 6.39. The van der Waals surface area contributed by atoms with Crippen LogP contribution in [0.1, 0.15) is 12.5 Å². The van der Waals surface area contributed by atoms with Crippen LogP contribution in [0, 0.1) is 0 Å². The third-order valence-corrected chi connectivity index (χ3v) is 2.59. The molecule has 1 unspecified atom stereocenters. The molecule has 19 heavy (non-hydrogen) atoms. The second-order valence-electron chi connectivity index (χ2n) is 4.81. The molecule has 0 aliphatic rings. The molecule has 0 aliphatic heterocycles. The molecule has 0 aliphatic carbocycles. The average Bonchev–Trinajstić information content (AvgIpc) is 2.36. The van der Waals surface area contributed by atoms with E-state index in [-0.39, 0.29) is 5.91 Å². The zero-order valence-corrected chi connectivity index (χ0v) is 11.8. The average molecular weight is 265 g/mol. The van der Waals surface area contributed by atoms with Crippen LogP contribution < -0.4 is 15.8 Å². The minimum atomic E-state index is -0.487. The molecule has 1 amide bonds. The molecule has 1 aromatic rings. The Kier molecular flexibility index (Phi) is 6.32. The highest BCUT2D eigenvalue weighted by Crippen LogP contribution is 2.13. The SMILES string of the molecule is CC(N)C(=O)NCc1cccc(OCCN(C)C)c1. The molecule has 0 radical (unpaired) electrons. The van der Waals surface area contributed by atoms with Crippen molar-refractivity contribution >= 4 is 5.91 Å². The Morgan fingerprint density at radius 2 is 2.21 bits per heavy atom. The van der Waals surface area contributed by atoms with E-state index in [1.54, 1.807) is 6.92 Å². The molecule has 3 N–H and O–H groups in total. The number of hydrogen-bond acceptors (Lipinski definition) is 4. The molecule has 106 valence electrons. The Bertz CT molecular complexity index is 405. The monoisotopic (exact) mass is 265 g/mol. The molecule has 0 bridgehead atoms. The van der Waals surface area contributed by atoms with Gasteiger partial charge in [0.25, 0.3) is 0 Å². The van der Waals surface area contributed by atoms with Gasteiger partial charge in [-0.05, 0) is 38.7 Å². The van der Waals surface area contributed by atoms with Crippen LogP contribution in [0.15, 0.2) is 24.3 Å². The number of benzene rings is 1. The predicted molar refractivity (Wildman–Crippen MR) is 76.0 cm³/mol. The lowest BCUT2D eigenvalue weighted by Crippen LogP contribution is -2.37. The Hall–Kier alpha value is -1.59. The molecule has 0 heterocycles. The molecule has 0 spiro atoms. The first-order chi connectivity index (χ1) is 8.99. The summed E-state index contributed by atoms with van der Waals surface area (Å²) in [6, 6.07) is 7.21. The minimum absolute atomic E-state index is 0.154. The lowest BCUT2D eigenvalue weighted by atomic mass is 10.2. The molecule has 0 fully saturated rings. The Morgan fingerprint density at radius 1 is 1.47 bits per heavy atom. The summed E-state index contributed by atoms with van der Waals surface area (Å²) in [5.41, 5.74) is 6.48. The Balaban J connectivity index is 2.45. The van der Waals surface area contributed by atoms with Crippen molar-refractivity contribution in [3.63, 3.8) is 0 Å². The molecule has 1 aromatic carbocycles. The smallest absolute Gasteiger partial charge is 0.236 e. The number of nitrogens with zero attached hydrogens (tertiary/aromatic N) is 1. The first-order valence-corrected chi connectivity index (χ1v) is 6.39. The van der Waals surface area contributed by atoms with Gasteiger partial charge in [-0.15, -0.1) is 0 Å². The number of nitrogens with two attached hydrogens (primary N) is 1. The molecule has 5 nitrogen and oxygen atoms in total. The minimum Gasteiger partial charge on any atom is -0.492 e. The number of nitrogens with one attached hydrogen (secondary N) is 1. The maximum absolute atomic E-state index is 11.4. The van der Waals surface area contributed by atoms with E-state index in [1.165, 1.54) is 0 Å². The lowest BCUT2D eigenvalue weighted by molar-refractivity contribution is -0.122. The highest BCUT2D eigenvalue weighted by Gasteiger charge is 2.06. The number of likely N-dealkylation sites (N-methyl/N-ethyl adjacent to an activating group) is 1. The summed E-state index contributed by atoms with van der Waals surface area (Å²) in [5, 5.41) is 2.77. The van der Waals surface area contributed by atoms with E-state index in [2.05, 4.69) is 10.2 Å². The topological polar surface area (TPSA) is 67.6 Å². The molecule has 1 atom stereocenters. The quantitative estimate of drug-likeness (QED) is 0.757. The third-order valence-electron chi connectivity index (χ3n) is 2.59. The number of carbonyl (C=O) groups is 1. The van der Waals surface area contributed by atoms with Crippen LogP contribution in [0.4, 0.5) is 0 Å². The van der Waals surface area contributed by atoms with Gasteiger partial charge in [0.15, 0.2) is 0 Å². The molecular formula is C14H23N3O2. The molecule has 0 aromatic heterocycles. The highest BCUT2D eigenvalue weighted by molar-refractivity contribution is 5.80. The fourth-order valence-corrected chi connectivity index (χ4v) is 1.44. The van der Waals surface area contributed by atoms with E-state index >= 15 is 0 Å². The summed E-state index contributed by atoms with van der Waals surface area (Å²) in [7, 11) is 4.01. The predicted octanol–water partition coefficient (Wildman–Crippen LogP) is 0.590. The van der Waals surface area contributed by atoms with Crippen molar-refractivity contribution in [2.45, 2.75) is 19.5 Å². The maximum Gasteiger partial charge on any atom is 0.236 e. The second kappa shape index (κ2) is 7.76. The lowest BCUT2D eigenvalue weighted by Gasteiger charge is -2.12. The Morgan fingerprint density at radius 3 is 2.84 bits per heavy atom. The van der Waals surface area contributed by atoms with Crippen molar-refractivity contribution < 1.29 is 9.53 Å². The van der Waals surface area contributed by atoms with Crippen LogP contribution in [-0.2, 0) is 11.3 Å². The number of ether oxygens (including phenoxy) is 1. The van der Waals surface area contributed by atoms with E-state index in [4.69, 9.17) is 10.5 Å². The fraction of sp³-hybridized carbons (Fsp3) is 0.500. The van der Waals surface area contributed by atoms with Crippen molar-refractivity contribution in [1.29, 1.82) is 0 Å². The van der Waals surface area contributed by atoms with E-state index < -0.39 is 6.04 Å². The highest BCUT2D eigenvalue weighted by atomic mass is 16.5. The number of rotatable bonds is 7. The number of amides is 1. The number of hydrogen-bond donors (Lipinski definition) is 2. The zero-order valence-electron chi connectivity index (χ0n) is 11.8. The molecular weight excluding hydrogens is 242 g/mol. The van der Waals surface area contributed by atoms with Gasteiger partial charge >= 0.3 is 0 Å². The molecule has 0 saturated carbocycles. The van der Waals surface area contributed by atoms with E-state index in [0.29, 0.717) is 13.2 Å². The van der Waals surface area contributed by atoms with E-state index in [1.807, 2.05) is 38.4 Å². The fourth-order valence-electron chi connectivity index (χ4n) is 1.44. The van der Waals surface area contributed by atoms with Gasteiger partial charge in [0, 0.05) is 13.1 Å². The van der Waals surface area contributed by atoms with Crippen molar-refractivity contribution in [2.24, 2.45) is 5.73 Å². The summed E-state index contributed by atoms with van der Waals surface area (Å²) >= 11 is 0. The van der Waals surface area contributed by atoms with Crippen LogP contribution in [0.25, 0.3) is 0 Å². The summed E-state index contributed by atoms with van der Waals surface area (Å²) in [4.78, 5) is 13.4. The molecule has 5 heteroatoms. The molecule has 1 rings (SSSR count). The van der Waals surface area contributed by atoms with Crippen LogP contribution in [0.5, 0.6) is 5.75 Å². The van der Waals surface area contributed by atoms with Gasteiger partial charge < -0.3 is 20.7 Å².